The molecule has 18 heteroatoms. The molecule has 2 aliphatic rings. The summed E-state index contributed by atoms with van der Waals surface area (Å²) >= 11 is 0. The zero-order chi connectivity index (χ0) is 47.1. The first-order chi connectivity index (χ1) is 31.7. The molecular formula is C48H52N8O10. The monoisotopic (exact) mass is 900 g/mol. The lowest BCUT2D eigenvalue weighted by Gasteiger charge is -2.13. The molecule has 2 aliphatic heterocycles. The Labute approximate surface area is 381 Å². The molecule has 344 valence electrons. The number of fused-ring (bicyclic) bond motifs is 2. The molecule has 0 aliphatic carbocycles. The minimum atomic E-state index is -0.327. The van der Waals surface area contributed by atoms with Crippen molar-refractivity contribution in [2.45, 2.75) is 25.0 Å². The van der Waals surface area contributed by atoms with Gasteiger partial charge in [-0.05, 0) is 72.8 Å². The van der Waals surface area contributed by atoms with Crippen LogP contribution >= 0.6 is 0 Å². The van der Waals surface area contributed by atoms with Crippen LogP contribution in [0.4, 0.5) is 11.6 Å². The van der Waals surface area contributed by atoms with Gasteiger partial charge in [0.05, 0.1) is 13.2 Å². The first-order valence-corrected chi connectivity index (χ1v) is 20.9. The van der Waals surface area contributed by atoms with Crippen molar-refractivity contribution >= 4 is 35.3 Å². The number of amides is 4. The van der Waals surface area contributed by atoms with Gasteiger partial charge in [-0.2, -0.15) is 10.2 Å². The average Bonchev–Trinajstić information content (AvgIpc) is 4.11. The summed E-state index contributed by atoms with van der Waals surface area (Å²) in [4.78, 5) is 53.1. The topological polar surface area (TPSA) is 190 Å². The van der Waals surface area contributed by atoms with Crippen LogP contribution in [0.2, 0.25) is 0 Å². The van der Waals surface area contributed by atoms with Gasteiger partial charge >= 0.3 is 0 Å². The quantitative estimate of drug-likeness (QED) is 0.126. The highest BCUT2D eigenvalue weighted by Gasteiger charge is 2.30. The van der Waals surface area contributed by atoms with E-state index in [2.05, 4.69) is 20.8 Å². The van der Waals surface area contributed by atoms with Gasteiger partial charge < -0.3 is 48.9 Å². The van der Waals surface area contributed by atoms with Crippen LogP contribution in [-0.4, -0.2) is 121 Å². The highest BCUT2D eigenvalue weighted by atomic mass is 16.5. The van der Waals surface area contributed by atoms with Crippen molar-refractivity contribution in [2.75, 3.05) is 66.3 Å². The van der Waals surface area contributed by atoms with E-state index in [0.717, 1.165) is 11.1 Å². The maximum absolute atomic E-state index is 12.9. The number of benzene rings is 4. The SMILES string of the molecule is COCC1Cc2c(Oc3ccc(C(=O)N(C)C)cc3)cc(C(=O)Nc3ccn(C)n3)cc2O1.COCC1Cc2c(Oc3ccc(C(=O)N(C)C)cc3)cc(C(=O)Nc3ccn(C)n3)cc2O1. The predicted octanol–water partition coefficient (Wildman–Crippen LogP) is 6.23. The Bertz CT molecular complexity index is 2530. The van der Waals surface area contributed by atoms with Crippen LogP contribution in [0, 0.1) is 0 Å². The Morgan fingerprint density at radius 1 is 0.591 bits per heavy atom. The van der Waals surface area contributed by atoms with Gasteiger partial charge in [-0.1, -0.05) is 0 Å². The molecule has 2 atom stereocenters. The third kappa shape index (κ3) is 11.1. The van der Waals surface area contributed by atoms with E-state index in [4.69, 9.17) is 28.4 Å². The van der Waals surface area contributed by atoms with Crippen molar-refractivity contribution < 1.29 is 47.6 Å². The van der Waals surface area contributed by atoms with Crippen molar-refractivity contribution in [1.82, 2.24) is 29.4 Å². The van der Waals surface area contributed by atoms with Crippen molar-refractivity contribution in [2.24, 2.45) is 14.1 Å². The molecule has 4 amide bonds. The first-order valence-electron chi connectivity index (χ1n) is 20.9. The van der Waals surface area contributed by atoms with Gasteiger partial charge in [0.15, 0.2) is 11.6 Å². The summed E-state index contributed by atoms with van der Waals surface area (Å²) in [6.45, 7) is 0.843. The van der Waals surface area contributed by atoms with E-state index in [1.54, 1.807) is 163 Å². The van der Waals surface area contributed by atoms with Gasteiger partial charge in [0.25, 0.3) is 23.6 Å². The van der Waals surface area contributed by atoms with Crippen molar-refractivity contribution in [3.8, 4) is 34.5 Å². The zero-order valence-corrected chi connectivity index (χ0v) is 38.0. The largest absolute Gasteiger partial charge is 0.487 e. The standard InChI is InChI=1S/2C24H26N4O5/c2*1-27(2)24(30)15-5-7-17(8-6-15)32-20-11-16(23(29)25-22-9-10-28(3)26-22)12-21-19(20)13-18(33-21)14-31-4/h2*5-12,18H,13-14H2,1-4H3,(H,25,26,29). The number of aromatic nitrogens is 4. The molecule has 2 aromatic heterocycles. The maximum atomic E-state index is 12.9. The number of anilines is 2. The average molecular weight is 901 g/mol. The third-order valence-electron chi connectivity index (χ3n) is 10.4. The summed E-state index contributed by atoms with van der Waals surface area (Å²) in [7, 11) is 13.6. The molecule has 0 spiro atoms. The number of aryl methyl sites for hydroxylation is 2. The molecule has 0 bridgehead atoms. The van der Waals surface area contributed by atoms with E-state index in [9.17, 15) is 19.2 Å². The number of carbonyl (C=O) groups is 4. The normalized spacial score (nSPS) is 14.4. The molecular weight excluding hydrogens is 849 g/mol. The second kappa shape index (κ2) is 20.4. The molecule has 4 heterocycles. The number of hydrogen-bond acceptors (Lipinski definition) is 12. The minimum Gasteiger partial charge on any atom is -0.487 e. The fourth-order valence-corrected chi connectivity index (χ4v) is 7.19. The van der Waals surface area contributed by atoms with Crippen molar-refractivity contribution in [1.29, 1.82) is 0 Å². The predicted molar refractivity (Wildman–Crippen MR) is 244 cm³/mol. The molecule has 4 aromatic carbocycles. The fraction of sp³-hybridized carbons (Fsp3) is 0.292. The molecule has 0 radical (unpaired) electrons. The van der Waals surface area contributed by atoms with E-state index in [1.165, 1.54) is 9.80 Å². The highest BCUT2D eigenvalue weighted by molar-refractivity contribution is 6.05. The molecule has 2 N–H and O–H groups in total. The van der Waals surface area contributed by atoms with Gasteiger partial charge in [-0.15, -0.1) is 0 Å². The van der Waals surface area contributed by atoms with E-state index in [0.29, 0.717) is 94.4 Å². The van der Waals surface area contributed by atoms with E-state index in [-0.39, 0.29) is 35.8 Å². The number of hydrogen-bond donors (Lipinski definition) is 2. The van der Waals surface area contributed by atoms with Crippen LogP contribution in [0.3, 0.4) is 0 Å². The Morgan fingerprint density at radius 2 is 0.970 bits per heavy atom. The highest BCUT2D eigenvalue weighted by Crippen LogP contribution is 2.41. The number of carbonyl (C=O) groups excluding carboxylic acids is 4. The van der Waals surface area contributed by atoms with E-state index < -0.39 is 0 Å². The smallest absolute Gasteiger partial charge is 0.257 e. The first kappa shape index (κ1) is 46.3. The Balaban J connectivity index is 0.000000196. The Morgan fingerprint density at radius 3 is 1.29 bits per heavy atom. The van der Waals surface area contributed by atoms with Gasteiger partial charge in [0.1, 0.15) is 46.7 Å². The summed E-state index contributed by atoms with van der Waals surface area (Å²) < 4.78 is 38.0. The summed E-state index contributed by atoms with van der Waals surface area (Å²) in [5, 5.41) is 13.9. The van der Waals surface area contributed by atoms with Gasteiger partial charge in [-0.3, -0.25) is 28.5 Å². The molecule has 0 saturated heterocycles. The summed E-state index contributed by atoms with van der Waals surface area (Å²) in [6.07, 6.45) is 4.35. The summed E-state index contributed by atoms with van der Waals surface area (Å²) in [6, 6.07) is 24.0. The zero-order valence-electron chi connectivity index (χ0n) is 38.0. The minimum absolute atomic E-state index is 0.0913. The van der Waals surface area contributed by atoms with Crippen LogP contribution in [0.25, 0.3) is 0 Å². The molecule has 8 rings (SSSR count). The van der Waals surface area contributed by atoms with Crippen LogP contribution in [-0.2, 0) is 36.4 Å². The second-order valence-electron chi connectivity index (χ2n) is 16.0. The van der Waals surface area contributed by atoms with Crippen molar-refractivity contribution in [3.63, 3.8) is 0 Å². The summed E-state index contributed by atoms with van der Waals surface area (Å²) in [5.74, 6) is 3.36. The van der Waals surface area contributed by atoms with E-state index in [1.807, 2.05) is 0 Å². The lowest BCUT2D eigenvalue weighted by molar-refractivity contribution is 0.0820. The lowest BCUT2D eigenvalue weighted by atomic mass is 10.1. The second-order valence-corrected chi connectivity index (χ2v) is 16.0. The van der Waals surface area contributed by atoms with Crippen molar-refractivity contribution in [3.05, 3.63) is 131 Å². The number of methoxy groups -OCH3 is 2. The molecule has 0 saturated carbocycles. The summed E-state index contributed by atoms with van der Waals surface area (Å²) in [5.41, 5.74) is 3.60. The third-order valence-corrected chi connectivity index (χ3v) is 10.4. The molecule has 18 nitrogen and oxygen atoms in total. The molecule has 0 fully saturated rings. The number of nitrogens with one attached hydrogen (secondary N) is 2. The van der Waals surface area contributed by atoms with Gasteiger partial charge in [0, 0.05) is 127 Å². The van der Waals surface area contributed by atoms with Crippen LogP contribution in [0.15, 0.2) is 97.3 Å². The van der Waals surface area contributed by atoms with E-state index >= 15 is 0 Å². The number of nitrogens with zero attached hydrogens (tertiary/aromatic N) is 6. The lowest BCUT2D eigenvalue weighted by Crippen LogP contribution is -2.21. The maximum Gasteiger partial charge on any atom is 0.257 e. The molecule has 2 unspecified atom stereocenters. The Kier molecular flexibility index (Phi) is 14.3. The number of ether oxygens (including phenoxy) is 6. The van der Waals surface area contributed by atoms with Crippen LogP contribution in [0.5, 0.6) is 34.5 Å². The van der Waals surface area contributed by atoms with Gasteiger partial charge in [0.2, 0.25) is 0 Å². The molecule has 6 aromatic rings. The fourth-order valence-electron chi connectivity index (χ4n) is 7.19. The number of rotatable bonds is 14. The van der Waals surface area contributed by atoms with Gasteiger partial charge in [-0.25, -0.2) is 0 Å². The van der Waals surface area contributed by atoms with Crippen LogP contribution < -0.4 is 29.6 Å². The molecule has 66 heavy (non-hydrogen) atoms. The Hall–Kier alpha value is -7.70. The van der Waals surface area contributed by atoms with Crippen LogP contribution in [0.1, 0.15) is 52.6 Å².